The molecular weight excluding hydrogens is 439 g/mol. The van der Waals surface area contributed by atoms with Crippen LogP contribution in [0.3, 0.4) is 0 Å². The van der Waals surface area contributed by atoms with Crippen molar-refractivity contribution in [2.75, 3.05) is 0 Å². The van der Waals surface area contributed by atoms with Crippen molar-refractivity contribution in [3.8, 4) is 16.9 Å². The number of nitrogens with zero attached hydrogens (tertiary/aromatic N) is 2. The monoisotopic (exact) mass is 460 g/mol. The summed E-state index contributed by atoms with van der Waals surface area (Å²) in [6.45, 7) is 0.281. The quantitative estimate of drug-likeness (QED) is 0.280. The molecular formula is C27H22Cl2N2O. The molecule has 4 aromatic rings. The van der Waals surface area contributed by atoms with Gasteiger partial charge in [-0.2, -0.15) is 0 Å². The van der Waals surface area contributed by atoms with Gasteiger partial charge in [-0.15, -0.1) is 0 Å². The van der Waals surface area contributed by atoms with Gasteiger partial charge >= 0.3 is 0 Å². The van der Waals surface area contributed by atoms with Crippen molar-refractivity contribution in [3.05, 3.63) is 112 Å². The molecule has 0 spiro atoms. The van der Waals surface area contributed by atoms with Gasteiger partial charge in [-0.3, -0.25) is 0 Å². The van der Waals surface area contributed by atoms with Gasteiger partial charge < -0.3 is 9.40 Å². The molecule has 0 unspecified atom stereocenters. The van der Waals surface area contributed by atoms with E-state index in [0.29, 0.717) is 10.0 Å². The predicted molar refractivity (Wildman–Crippen MR) is 132 cm³/mol. The Bertz CT molecular complexity index is 1260. The van der Waals surface area contributed by atoms with E-state index in [0.717, 1.165) is 47.5 Å². The summed E-state index contributed by atoms with van der Waals surface area (Å²) < 4.78 is 2.35. The zero-order valence-electron chi connectivity index (χ0n) is 17.5. The van der Waals surface area contributed by atoms with Crippen LogP contribution in [0.15, 0.2) is 90.1 Å². The van der Waals surface area contributed by atoms with E-state index in [1.807, 2.05) is 18.2 Å². The third-order valence-corrected chi connectivity index (χ3v) is 6.33. The summed E-state index contributed by atoms with van der Waals surface area (Å²) in [6.07, 6.45) is 2.90. The van der Waals surface area contributed by atoms with Crippen molar-refractivity contribution in [2.24, 2.45) is 5.16 Å². The lowest BCUT2D eigenvalue weighted by Crippen LogP contribution is -2.14. The second-order valence-corrected chi connectivity index (χ2v) is 8.67. The minimum atomic E-state index is 0.281. The smallest absolute Gasteiger partial charge is 0.143 e. The summed E-state index contributed by atoms with van der Waals surface area (Å²) >= 11 is 12.4. The van der Waals surface area contributed by atoms with Crippen LogP contribution < -0.4 is 0 Å². The molecule has 0 aliphatic heterocycles. The Labute approximate surface area is 197 Å². The summed E-state index contributed by atoms with van der Waals surface area (Å²) in [5, 5.41) is 5.79. The molecule has 0 fully saturated rings. The first-order valence-corrected chi connectivity index (χ1v) is 11.4. The van der Waals surface area contributed by atoms with Gasteiger partial charge in [-0.1, -0.05) is 76.9 Å². The highest BCUT2D eigenvalue weighted by atomic mass is 35.5. The van der Waals surface area contributed by atoms with Crippen LogP contribution in [-0.2, 0) is 17.9 Å². The van der Waals surface area contributed by atoms with E-state index in [-0.39, 0.29) is 6.61 Å². The molecule has 5 heteroatoms. The maximum atomic E-state index is 6.27. The number of aromatic nitrogens is 1. The molecule has 0 radical (unpaired) electrons. The Kier molecular flexibility index (Phi) is 6.02. The highest BCUT2D eigenvalue weighted by Crippen LogP contribution is 2.34. The molecule has 0 atom stereocenters. The Morgan fingerprint density at radius 2 is 1.59 bits per heavy atom. The summed E-state index contributed by atoms with van der Waals surface area (Å²) in [5.41, 5.74) is 7.70. The Hall–Kier alpha value is -3.01. The van der Waals surface area contributed by atoms with Crippen molar-refractivity contribution < 1.29 is 4.84 Å². The van der Waals surface area contributed by atoms with Crippen LogP contribution in [0.25, 0.3) is 16.9 Å². The number of rotatable bonds is 5. The van der Waals surface area contributed by atoms with Crippen LogP contribution in [0.1, 0.15) is 29.7 Å². The number of hydrogen-bond donors (Lipinski definition) is 0. The van der Waals surface area contributed by atoms with Gasteiger partial charge in [-0.25, -0.2) is 0 Å². The molecule has 0 amide bonds. The van der Waals surface area contributed by atoms with Crippen LogP contribution in [0.4, 0.5) is 0 Å². The van der Waals surface area contributed by atoms with Crippen molar-refractivity contribution in [1.82, 2.24) is 4.57 Å². The summed E-state index contributed by atoms with van der Waals surface area (Å²) in [6, 6.07) is 28.6. The van der Waals surface area contributed by atoms with Crippen LogP contribution >= 0.6 is 23.2 Å². The molecule has 3 aromatic carbocycles. The van der Waals surface area contributed by atoms with Crippen molar-refractivity contribution in [1.29, 1.82) is 0 Å². The third kappa shape index (κ3) is 4.19. The normalized spacial score (nSPS) is 14.4. The molecule has 0 saturated carbocycles. The van der Waals surface area contributed by atoms with Crippen LogP contribution in [0.2, 0.25) is 10.0 Å². The third-order valence-electron chi connectivity index (χ3n) is 5.73. The standard InChI is InChI=1S/C27H22Cl2N2O/c28-21-14-15-24(29)20(16-21)18-32-30-25-12-7-13-26-23(25)17-27(19-8-3-1-4-9-19)31(26)22-10-5-2-6-11-22/h1-6,8-11,14-17H,7,12-13,18H2/b30-25+. The SMILES string of the molecule is Clc1ccc(Cl)c(CO/N=C2\CCCc3c2cc(-c2ccccc2)n3-c2ccccc2)c1. The summed E-state index contributed by atoms with van der Waals surface area (Å²) in [7, 11) is 0. The fourth-order valence-corrected chi connectivity index (χ4v) is 4.59. The first-order valence-electron chi connectivity index (χ1n) is 10.7. The van der Waals surface area contributed by atoms with E-state index in [2.05, 4.69) is 64.3 Å². The Morgan fingerprint density at radius 1 is 0.844 bits per heavy atom. The van der Waals surface area contributed by atoms with Crippen molar-refractivity contribution in [3.63, 3.8) is 0 Å². The second kappa shape index (κ2) is 9.23. The van der Waals surface area contributed by atoms with Gasteiger partial charge in [0.15, 0.2) is 0 Å². The lowest BCUT2D eigenvalue weighted by molar-refractivity contribution is 0.130. The largest absolute Gasteiger partial charge is 0.391 e. The minimum absolute atomic E-state index is 0.281. The number of oxime groups is 1. The average molecular weight is 461 g/mol. The predicted octanol–water partition coefficient (Wildman–Crippen LogP) is 7.71. The molecule has 160 valence electrons. The molecule has 1 aromatic heterocycles. The van der Waals surface area contributed by atoms with Gasteiger partial charge in [0.1, 0.15) is 6.61 Å². The van der Waals surface area contributed by atoms with Gasteiger partial charge in [0, 0.05) is 32.6 Å². The first-order chi connectivity index (χ1) is 15.7. The number of para-hydroxylation sites is 1. The molecule has 0 saturated heterocycles. The van der Waals surface area contributed by atoms with Gasteiger partial charge in [-0.05, 0) is 61.2 Å². The van der Waals surface area contributed by atoms with E-state index in [1.54, 1.807) is 12.1 Å². The van der Waals surface area contributed by atoms with Crippen LogP contribution in [-0.4, -0.2) is 10.3 Å². The van der Waals surface area contributed by atoms with Crippen LogP contribution in [0, 0.1) is 0 Å². The zero-order chi connectivity index (χ0) is 21.9. The van der Waals surface area contributed by atoms with E-state index >= 15 is 0 Å². The number of benzene rings is 3. The molecule has 3 nitrogen and oxygen atoms in total. The lowest BCUT2D eigenvalue weighted by Gasteiger charge is -2.18. The van der Waals surface area contributed by atoms with E-state index in [9.17, 15) is 0 Å². The van der Waals surface area contributed by atoms with E-state index < -0.39 is 0 Å². The number of hydrogen-bond acceptors (Lipinski definition) is 2. The molecule has 5 rings (SSSR count). The van der Waals surface area contributed by atoms with Gasteiger partial charge in [0.25, 0.3) is 0 Å². The van der Waals surface area contributed by atoms with E-state index in [1.165, 1.54) is 11.3 Å². The van der Waals surface area contributed by atoms with Crippen molar-refractivity contribution in [2.45, 2.75) is 25.9 Å². The van der Waals surface area contributed by atoms with Gasteiger partial charge in [0.05, 0.1) is 11.4 Å². The van der Waals surface area contributed by atoms with Crippen molar-refractivity contribution >= 4 is 28.9 Å². The zero-order valence-corrected chi connectivity index (χ0v) is 19.0. The molecule has 32 heavy (non-hydrogen) atoms. The number of fused-ring (bicyclic) bond motifs is 1. The van der Waals surface area contributed by atoms with Crippen LogP contribution in [0.5, 0.6) is 0 Å². The first kappa shape index (κ1) is 20.9. The Balaban J connectivity index is 1.53. The molecule has 0 bridgehead atoms. The lowest BCUT2D eigenvalue weighted by atomic mass is 9.95. The molecule has 1 aliphatic carbocycles. The highest BCUT2D eigenvalue weighted by molar-refractivity contribution is 6.33. The van der Waals surface area contributed by atoms with E-state index in [4.69, 9.17) is 28.0 Å². The molecule has 1 aliphatic rings. The highest BCUT2D eigenvalue weighted by Gasteiger charge is 2.24. The Morgan fingerprint density at radius 3 is 2.38 bits per heavy atom. The summed E-state index contributed by atoms with van der Waals surface area (Å²) in [5.74, 6) is 0. The second-order valence-electron chi connectivity index (χ2n) is 7.83. The molecule has 1 heterocycles. The van der Waals surface area contributed by atoms with Gasteiger partial charge in [0.2, 0.25) is 0 Å². The topological polar surface area (TPSA) is 26.5 Å². The number of halogens is 2. The maximum Gasteiger partial charge on any atom is 0.143 e. The fourth-order valence-electron chi connectivity index (χ4n) is 4.23. The summed E-state index contributed by atoms with van der Waals surface area (Å²) in [4.78, 5) is 5.75. The average Bonchev–Trinajstić information content (AvgIpc) is 3.23. The minimum Gasteiger partial charge on any atom is -0.391 e. The fraction of sp³-hybridized carbons (Fsp3) is 0.148. The maximum absolute atomic E-state index is 6.27. The molecule has 0 N–H and O–H groups in total.